The zero-order chi connectivity index (χ0) is 21.1. The van der Waals surface area contributed by atoms with Crippen LogP contribution in [0.1, 0.15) is 34.1 Å². The Balaban J connectivity index is 1.90. The normalized spacial score (nSPS) is 11.8. The van der Waals surface area contributed by atoms with Crippen molar-refractivity contribution in [3.63, 3.8) is 0 Å². The van der Waals surface area contributed by atoms with Crippen LogP contribution in [0.3, 0.4) is 0 Å². The predicted molar refractivity (Wildman–Crippen MR) is 104 cm³/mol. The topological polar surface area (TPSA) is 104 Å². The monoisotopic (exact) mass is 417 g/mol. The summed E-state index contributed by atoms with van der Waals surface area (Å²) in [5.41, 5.74) is 0.888. The Morgan fingerprint density at radius 3 is 2.62 bits per heavy atom. The third kappa shape index (κ3) is 4.55. The number of hydrogen-bond donors (Lipinski definition) is 3. The second kappa shape index (κ2) is 8.32. The lowest BCUT2D eigenvalue weighted by molar-refractivity contribution is -0.137. The zero-order valence-electron chi connectivity index (χ0n) is 15.3. The number of benzene rings is 2. The lowest BCUT2D eigenvalue weighted by atomic mass is 10.0. The van der Waals surface area contributed by atoms with Crippen molar-refractivity contribution in [2.45, 2.75) is 19.4 Å². The predicted octanol–water partition coefficient (Wildman–Crippen LogP) is 3.62. The van der Waals surface area contributed by atoms with Gasteiger partial charge in [-0.15, -0.1) is 0 Å². The molecule has 1 aromatic heterocycles. The van der Waals surface area contributed by atoms with E-state index in [1.54, 1.807) is 37.3 Å². The summed E-state index contributed by atoms with van der Waals surface area (Å²) in [6.07, 6.45) is -0.525. The highest BCUT2D eigenvalue weighted by atomic mass is 35.5. The van der Waals surface area contributed by atoms with E-state index in [2.05, 4.69) is 10.4 Å². The number of rotatable bonds is 6. The quantitative estimate of drug-likeness (QED) is 0.568. The summed E-state index contributed by atoms with van der Waals surface area (Å²) in [4.78, 5) is 23.8. The number of aryl methyl sites for hydroxylation is 1. The van der Waals surface area contributed by atoms with E-state index in [9.17, 15) is 19.1 Å². The summed E-state index contributed by atoms with van der Waals surface area (Å²) in [6, 6.07) is 10.9. The molecule has 3 rings (SSSR count). The molecular weight excluding hydrogens is 401 g/mol. The Hall–Kier alpha value is -3.39. The van der Waals surface area contributed by atoms with Gasteiger partial charge in [0.25, 0.3) is 5.91 Å². The van der Waals surface area contributed by atoms with Crippen molar-refractivity contribution in [2.75, 3.05) is 0 Å². The lowest BCUT2D eigenvalue weighted by Gasteiger charge is -2.17. The number of carboxylic acid groups (broad SMARTS) is 1. The summed E-state index contributed by atoms with van der Waals surface area (Å²) in [5, 5.41) is 26.1. The van der Waals surface area contributed by atoms with Gasteiger partial charge >= 0.3 is 5.97 Å². The second-order valence-electron chi connectivity index (χ2n) is 6.40. The van der Waals surface area contributed by atoms with Crippen LogP contribution in [-0.2, 0) is 4.79 Å². The number of aliphatic carboxylic acids is 1. The van der Waals surface area contributed by atoms with Gasteiger partial charge in [0.15, 0.2) is 5.69 Å². The fourth-order valence-electron chi connectivity index (χ4n) is 2.84. The van der Waals surface area contributed by atoms with Gasteiger partial charge in [0.05, 0.1) is 23.2 Å². The van der Waals surface area contributed by atoms with Crippen molar-refractivity contribution < 1.29 is 24.2 Å². The first-order valence-corrected chi connectivity index (χ1v) is 8.96. The molecule has 3 aromatic rings. The molecule has 0 fully saturated rings. The number of carbonyl (C=O) groups is 2. The van der Waals surface area contributed by atoms with E-state index in [1.165, 1.54) is 12.1 Å². The molecule has 0 saturated carbocycles. The fraction of sp³-hybridized carbons (Fsp3) is 0.150. The van der Waals surface area contributed by atoms with Crippen molar-refractivity contribution in [1.82, 2.24) is 15.1 Å². The van der Waals surface area contributed by atoms with Gasteiger partial charge in [-0.3, -0.25) is 9.59 Å². The van der Waals surface area contributed by atoms with Crippen molar-refractivity contribution in [3.05, 3.63) is 76.2 Å². The summed E-state index contributed by atoms with van der Waals surface area (Å²) in [6.45, 7) is 1.70. The third-order valence-electron chi connectivity index (χ3n) is 4.22. The molecule has 0 radical (unpaired) electrons. The second-order valence-corrected chi connectivity index (χ2v) is 6.81. The summed E-state index contributed by atoms with van der Waals surface area (Å²) < 4.78 is 15.4. The molecule has 0 aliphatic carbocycles. The molecule has 7 nitrogen and oxygen atoms in total. The minimum absolute atomic E-state index is 0.0427. The van der Waals surface area contributed by atoms with Gasteiger partial charge in [-0.05, 0) is 30.7 Å². The van der Waals surface area contributed by atoms with E-state index in [1.807, 2.05) is 0 Å². The Labute approximate surface area is 170 Å². The molecule has 1 unspecified atom stereocenters. The van der Waals surface area contributed by atoms with E-state index in [0.717, 1.165) is 10.7 Å². The SMILES string of the molecule is Cc1ccc(C(CC(=O)O)NC(=O)c2cc(O)n(-c3ccccc3Cl)n2)c(F)c1. The van der Waals surface area contributed by atoms with Crippen LogP contribution in [0.5, 0.6) is 5.88 Å². The number of carboxylic acids is 1. The van der Waals surface area contributed by atoms with Crippen LogP contribution in [0.4, 0.5) is 4.39 Å². The first-order chi connectivity index (χ1) is 13.8. The average Bonchev–Trinajstić information content (AvgIpc) is 3.03. The van der Waals surface area contributed by atoms with Crippen molar-refractivity contribution in [1.29, 1.82) is 0 Å². The molecule has 1 heterocycles. The highest BCUT2D eigenvalue weighted by Gasteiger charge is 2.24. The summed E-state index contributed by atoms with van der Waals surface area (Å²) >= 11 is 6.09. The Morgan fingerprint density at radius 1 is 1.24 bits per heavy atom. The third-order valence-corrected chi connectivity index (χ3v) is 4.54. The van der Waals surface area contributed by atoms with Gasteiger partial charge in [-0.1, -0.05) is 35.9 Å². The Kier molecular flexibility index (Phi) is 5.84. The van der Waals surface area contributed by atoms with Crippen molar-refractivity contribution >= 4 is 23.5 Å². The number of hydrogen-bond acceptors (Lipinski definition) is 4. The number of nitrogens with zero attached hydrogens (tertiary/aromatic N) is 2. The largest absolute Gasteiger partial charge is 0.493 e. The average molecular weight is 418 g/mol. The molecule has 2 aromatic carbocycles. The minimum Gasteiger partial charge on any atom is -0.493 e. The number of nitrogens with one attached hydrogen (secondary N) is 1. The molecule has 0 aliphatic rings. The number of carbonyl (C=O) groups excluding carboxylic acids is 1. The van der Waals surface area contributed by atoms with Crippen LogP contribution >= 0.6 is 11.6 Å². The minimum atomic E-state index is -1.21. The maximum Gasteiger partial charge on any atom is 0.305 e. The smallest absolute Gasteiger partial charge is 0.305 e. The number of halogens is 2. The van der Waals surface area contributed by atoms with Crippen LogP contribution in [0.25, 0.3) is 5.69 Å². The summed E-state index contributed by atoms with van der Waals surface area (Å²) in [7, 11) is 0. The van der Waals surface area contributed by atoms with Gasteiger partial charge in [-0.2, -0.15) is 9.78 Å². The fourth-order valence-corrected chi connectivity index (χ4v) is 3.06. The van der Waals surface area contributed by atoms with Crippen LogP contribution in [0, 0.1) is 12.7 Å². The Bertz CT molecular complexity index is 1080. The van der Waals surface area contributed by atoms with Crippen LogP contribution in [0.2, 0.25) is 5.02 Å². The number of amides is 1. The highest BCUT2D eigenvalue weighted by molar-refractivity contribution is 6.32. The zero-order valence-corrected chi connectivity index (χ0v) is 16.0. The maximum absolute atomic E-state index is 14.3. The molecular formula is C20H17ClFN3O4. The van der Waals surface area contributed by atoms with E-state index < -0.39 is 30.2 Å². The van der Waals surface area contributed by atoms with Gasteiger partial charge in [0, 0.05) is 11.6 Å². The van der Waals surface area contributed by atoms with E-state index in [-0.39, 0.29) is 17.1 Å². The number of aromatic nitrogens is 2. The van der Waals surface area contributed by atoms with Gasteiger partial charge < -0.3 is 15.5 Å². The van der Waals surface area contributed by atoms with E-state index in [4.69, 9.17) is 16.7 Å². The van der Waals surface area contributed by atoms with Gasteiger partial charge in [0.2, 0.25) is 5.88 Å². The molecule has 3 N–H and O–H groups in total. The van der Waals surface area contributed by atoms with Crippen LogP contribution in [-0.4, -0.2) is 31.9 Å². The molecule has 0 spiro atoms. The standard InChI is InChI=1S/C20H17ClFN3O4/c1-11-6-7-12(14(22)8-11)15(10-19(27)28)23-20(29)16-9-18(26)25(24-16)17-5-3-2-4-13(17)21/h2-9,15,26H,10H2,1H3,(H,23,29)(H,27,28). The van der Waals surface area contributed by atoms with E-state index in [0.29, 0.717) is 16.3 Å². The molecule has 0 bridgehead atoms. The van der Waals surface area contributed by atoms with Crippen LogP contribution < -0.4 is 5.32 Å². The molecule has 0 saturated heterocycles. The van der Waals surface area contributed by atoms with E-state index >= 15 is 0 Å². The number of para-hydroxylation sites is 1. The molecule has 1 atom stereocenters. The maximum atomic E-state index is 14.3. The van der Waals surface area contributed by atoms with Crippen LogP contribution in [0.15, 0.2) is 48.5 Å². The first-order valence-electron chi connectivity index (χ1n) is 8.59. The summed E-state index contributed by atoms with van der Waals surface area (Å²) in [5.74, 6) is -2.93. The van der Waals surface area contributed by atoms with Gasteiger partial charge in [-0.25, -0.2) is 4.39 Å². The molecule has 1 amide bonds. The van der Waals surface area contributed by atoms with Gasteiger partial charge in [0.1, 0.15) is 5.82 Å². The lowest BCUT2D eigenvalue weighted by Crippen LogP contribution is -2.31. The van der Waals surface area contributed by atoms with Crippen molar-refractivity contribution in [3.8, 4) is 11.6 Å². The molecule has 29 heavy (non-hydrogen) atoms. The Morgan fingerprint density at radius 2 is 1.97 bits per heavy atom. The van der Waals surface area contributed by atoms with Crippen molar-refractivity contribution in [2.24, 2.45) is 0 Å². The number of aromatic hydroxyl groups is 1. The molecule has 9 heteroatoms. The molecule has 0 aliphatic heterocycles. The first kappa shape index (κ1) is 20.3. The molecule has 150 valence electrons. The highest BCUT2D eigenvalue weighted by Crippen LogP contribution is 2.26.